The van der Waals surface area contributed by atoms with Crippen molar-refractivity contribution in [2.24, 2.45) is 0 Å². The largest absolute Gasteiger partial charge is 0.382 e. The van der Waals surface area contributed by atoms with E-state index in [2.05, 4.69) is 22.6 Å². The highest BCUT2D eigenvalue weighted by Gasteiger charge is 1.90. The van der Waals surface area contributed by atoms with Crippen LogP contribution < -0.4 is 0 Å². The van der Waals surface area contributed by atoms with Crippen molar-refractivity contribution in [3.05, 3.63) is 0 Å². The molecule has 0 heterocycles. The van der Waals surface area contributed by atoms with E-state index in [0.717, 1.165) is 11.0 Å². The Bertz CT molecular complexity index is 90.8. The van der Waals surface area contributed by atoms with Crippen molar-refractivity contribution in [2.45, 2.75) is 0 Å². The molecule has 0 unspecified atom stereocenters. The van der Waals surface area contributed by atoms with E-state index in [0.29, 0.717) is 39.6 Å². The first-order valence-electron chi connectivity index (χ1n) is 4.70. The molecule has 0 fully saturated rings. The van der Waals surface area contributed by atoms with Crippen LogP contribution in [0, 0.1) is 0 Å². The van der Waals surface area contributed by atoms with Gasteiger partial charge in [0.05, 0.1) is 46.2 Å². The first kappa shape index (κ1) is 14.6. The molecule has 0 rings (SSSR count). The van der Waals surface area contributed by atoms with Crippen molar-refractivity contribution in [3.63, 3.8) is 0 Å². The fourth-order valence-corrected chi connectivity index (χ4v) is 1.05. The van der Waals surface area contributed by atoms with Crippen LogP contribution in [0.25, 0.3) is 0 Å². The van der Waals surface area contributed by atoms with Gasteiger partial charge in [0, 0.05) is 11.5 Å². The summed E-state index contributed by atoms with van der Waals surface area (Å²) in [6, 6.07) is 0. The Balaban J connectivity index is 2.78. The number of hydrogen-bond acceptors (Lipinski definition) is 4. The third-order valence-corrected chi connectivity index (χ3v) is 1.84. The topological polar surface area (TPSA) is 36.9 Å². The lowest BCUT2D eigenvalue weighted by molar-refractivity contribution is 0.00583. The van der Waals surface area contributed by atoms with Crippen molar-refractivity contribution < 1.29 is 18.9 Å². The van der Waals surface area contributed by atoms with Crippen molar-refractivity contribution in [2.75, 3.05) is 57.8 Å². The van der Waals surface area contributed by atoms with Gasteiger partial charge in [0.1, 0.15) is 0 Å². The summed E-state index contributed by atoms with van der Waals surface area (Å²) in [5, 5.41) is 0. The number of methoxy groups -OCH3 is 1. The van der Waals surface area contributed by atoms with Gasteiger partial charge in [-0.25, -0.2) is 0 Å². The molecule has 0 aromatic carbocycles. The number of ether oxygens (including phenoxy) is 4. The Hall–Kier alpha value is 0.570. The average Bonchev–Trinajstić information content (AvgIpc) is 2.21. The smallest absolute Gasteiger partial charge is 0.0701 e. The van der Waals surface area contributed by atoms with Gasteiger partial charge in [-0.1, -0.05) is 22.6 Å². The first-order chi connectivity index (χ1) is 6.91. The highest BCUT2D eigenvalue weighted by atomic mass is 127. The summed E-state index contributed by atoms with van der Waals surface area (Å²) in [6.07, 6.45) is 0. The minimum atomic E-state index is 0.621. The zero-order valence-electron chi connectivity index (χ0n) is 8.67. The number of hydrogen-bond donors (Lipinski definition) is 0. The molecular formula is C9H19IO4. The fraction of sp³-hybridized carbons (Fsp3) is 1.00. The lowest BCUT2D eigenvalue weighted by Crippen LogP contribution is -2.11. The summed E-state index contributed by atoms with van der Waals surface area (Å²) < 4.78 is 21.6. The van der Waals surface area contributed by atoms with Crippen LogP contribution in [0.1, 0.15) is 0 Å². The molecule has 0 aromatic heterocycles. The Labute approximate surface area is 99.4 Å². The van der Waals surface area contributed by atoms with Crippen LogP contribution in [-0.4, -0.2) is 57.8 Å². The van der Waals surface area contributed by atoms with Crippen LogP contribution in [0.3, 0.4) is 0 Å². The Morgan fingerprint density at radius 2 is 1.14 bits per heavy atom. The van der Waals surface area contributed by atoms with Gasteiger partial charge in [0.2, 0.25) is 0 Å². The molecular weight excluding hydrogens is 299 g/mol. The zero-order valence-corrected chi connectivity index (χ0v) is 10.8. The minimum absolute atomic E-state index is 0.621. The molecule has 0 saturated heterocycles. The number of halogens is 1. The fourth-order valence-electron chi connectivity index (χ4n) is 0.739. The van der Waals surface area contributed by atoms with E-state index in [1.165, 1.54) is 0 Å². The molecule has 86 valence electrons. The summed E-state index contributed by atoms with van der Waals surface area (Å²) in [5.41, 5.74) is 0. The van der Waals surface area contributed by atoms with E-state index in [4.69, 9.17) is 18.9 Å². The molecule has 0 saturated carbocycles. The standard InChI is InChI=1S/C9H19IO4/c1-11-4-5-13-8-9-14-7-6-12-3-2-10/h2-9H2,1H3. The lowest BCUT2D eigenvalue weighted by Gasteiger charge is -2.05. The maximum Gasteiger partial charge on any atom is 0.0701 e. The van der Waals surface area contributed by atoms with Crippen LogP contribution in [0.2, 0.25) is 0 Å². The first-order valence-corrected chi connectivity index (χ1v) is 6.22. The van der Waals surface area contributed by atoms with E-state index < -0.39 is 0 Å². The highest BCUT2D eigenvalue weighted by Crippen LogP contribution is 1.84. The third-order valence-electron chi connectivity index (χ3n) is 1.40. The molecule has 0 spiro atoms. The molecule has 0 amide bonds. The quantitative estimate of drug-likeness (QED) is 0.325. The molecule has 4 nitrogen and oxygen atoms in total. The van der Waals surface area contributed by atoms with Gasteiger partial charge in [-0.15, -0.1) is 0 Å². The van der Waals surface area contributed by atoms with Gasteiger partial charge in [0.25, 0.3) is 0 Å². The molecule has 0 aromatic rings. The molecule has 0 aliphatic carbocycles. The van der Waals surface area contributed by atoms with E-state index >= 15 is 0 Å². The van der Waals surface area contributed by atoms with Crippen LogP contribution in [0.4, 0.5) is 0 Å². The molecule has 0 aliphatic rings. The van der Waals surface area contributed by atoms with Crippen LogP contribution in [-0.2, 0) is 18.9 Å². The number of rotatable bonds is 11. The summed E-state index contributed by atoms with van der Waals surface area (Å²) in [6.45, 7) is 4.62. The molecule has 14 heavy (non-hydrogen) atoms. The van der Waals surface area contributed by atoms with Crippen molar-refractivity contribution >= 4 is 22.6 Å². The summed E-state index contributed by atoms with van der Waals surface area (Å²) in [4.78, 5) is 0. The zero-order chi connectivity index (χ0) is 10.5. The SMILES string of the molecule is COCCOCCOCCOCCI. The number of alkyl halides is 1. The second-order valence-corrected chi connectivity index (χ2v) is 3.60. The van der Waals surface area contributed by atoms with Crippen LogP contribution in [0.15, 0.2) is 0 Å². The minimum Gasteiger partial charge on any atom is -0.382 e. The normalized spacial score (nSPS) is 10.7. The molecule has 5 heteroatoms. The lowest BCUT2D eigenvalue weighted by atomic mass is 10.7. The van der Waals surface area contributed by atoms with E-state index in [-0.39, 0.29) is 0 Å². The van der Waals surface area contributed by atoms with Crippen molar-refractivity contribution in [1.29, 1.82) is 0 Å². The summed E-state index contributed by atoms with van der Waals surface area (Å²) >= 11 is 2.28. The van der Waals surface area contributed by atoms with E-state index in [1.807, 2.05) is 0 Å². The van der Waals surface area contributed by atoms with Gasteiger partial charge in [-0.3, -0.25) is 0 Å². The Kier molecular flexibility index (Phi) is 14.1. The van der Waals surface area contributed by atoms with Gasteiger partial charge in [-0.05, 0) is 0 Å². The molecule has 0 bridgehead atoms. The summed E-state index contributed by atoms with van der Waals surface area (Å²) in [7, 11) is 1.66. The highest BCUT2D eigenvalue weighted by molar-refractivity contribution is 14.1. The molecule has 0 aliphatic heterocycles. The predicted molar refractivity (Wildman–Crippen MR) is 63.2 cm³/mol. The molecule has 0 radical (unpaired) electrons. The maximum atomic E-state index is 5.27. The van der Waals surface area contributed by atoms with Crippen molar-refractivity contribution in [1.82, 2.24) is 0 Å². The van der Waals surface area contributed by atoms with E-state index in [1.54, 1.807) is 7.11 Å². The molecule has 0 atom stereocenters. The second-order valence-electron chi connectivity index (χ2n) is 2.52. The van der Waals surface area contributed by atoms with Gasteiger partial charge < -0.3 is 18.9 Å². The Morgan fingerprint density at radius 3 is 1.57 bits per heavy atom. The van der Waals surface area contributed by atoms with Gasteiger partial charge in [-0.2, -0.15) is 0 Å². The van der Waals surface area contributed by atoms with E-state index in [9.17, 15) is 0 Å². The molecule has 0 N–H and O–H groups in total. The van der Waals surface area contributed by atoms with Gasteiger partial charge >= 0.3 is 0 Å². The van der Waals surface area contributed by atoms with Crippen molar-refractivity contribution in [3.8, 4) is 0 Å². The average molecular weight is 318 g/mol. The van der Waals surface area contributed by atoms with Crippen LogP contribution >= 0.6 is 22.6 Å². The Morgan fingerprint density at radius 1 is 0.714 bits per heavy atom. The third kappa shape index (κ3) is 12.6. The van der Waals surface area contributed by atoms with Gasteiger partial charge in [0.15, 0.2) is 0 Å². The van der Waals surface area contributed by atoms with Crippen LogP contribution in [0.5, 0.6) is 0 Å². The predicted octanol–water partition coefficient (Wildman–Crippen LogP) is 1.12. The summed E-state index contributed by atoms with van der Waals surface area (Å²) in [5.74, 6) is 0. The second kappa shape index (κ2) is 13.6. The monoisotopic (exact) mass is 318 g/mol. The maximum absolute atomic E-state index is 5.27.